The van der Waals surface area contributed by atoms with Crippen LogP contribution in [0.1, 0.15) is 36.0 Å². The Kier molecular flexibility index (Phi) is 3.84. The molecule has 1 aromatic heterocycles. The van der Waals surface area contributed by atoms with Crippen molar-refractivity contribution < 1.29 is 23.5 Å². The summed E-state index contributed by atoms with van der Waals surface area (Å²) in [5, 5.41) is 13.2. The molecule has 0 radical (unpaired) electrons. The molecule has 1 amide bonds. The highest BCUT2D eigenvalue weighted by molar-refractivity contribution is 7.14. The van der Waals surface area contributed by atoms with Gasteiger partial charge in [-0.1, -0.05) is 0 Å². The van der Waals surface area contributed by atoms with Gasteiger partial charge < -0.3 is 10.4 Å². The first-order valence-electron chi connectivity index (χ1n) is 5.88. The number of hydrogen-bond donors (Lipinski definition) is 2. The standard InChI is InChI=1S/C12H13F2NO3S/c13-12(14)4-1-7(2-5-12)9(16)15-10-8(11(17)18)3-6-19-10/h3,6-7H,1-2,4-5H2,(H,15,16)(H,17,18). The highest BCUT2D eigenvalue weighted by Crippen LogP contribution is 2.37. The lowest BCUT2D eigenvalue weighted by Crippen LogP contribution is -2.31. The fraction of sp³-hybridized carbons (Fsp3) is 0.500. The Hall–Kier alpha value is -1.50. The average molecular weight is 289 g/mol. The lowest BCUT2D eigenvalue weighted by atomic mass is 9.86. The maximum atomic E-state index is 13.0. The van der Waals surface area contributed by atoms with E-state index in [-0.39, 0.29) is 42.2 Å². The predicted octanol–water partition coefficient (Wildman–Crippen LogP) is 3.21. The van der Waals surface area contributed by atoms with Crippen LogP contribution in [-0.4, -0.2) is 22.9 Å². The van der Waals surface area contributed by atoms with E-state index in [1.165, 1.54) is 6.07 Å². The second-order valence-corrected chi connectivity index (χ2v) is 5.50. The number of amides is 1. The van der Waals surface area contributed by atoms with Crippen LogP contribution in [0.15, 0.2) is 11.4 Å². The van der Waals surface area contributed by atoms with E-state index in [9.17, 15) is 18.4 Å². The quantitative estimate of drug-likeness (QED) is 0.898. The predicted molar refractivity (Wildman–Crippen MR) is 66.8 cm³/mol. The monoisotopic (exact) mass is 289 g/mol. The van der Waals surface area contributed by atoms with Gasteiger partial charge in [-0.15, -0.1) is 11.3 Å². The molecular formula is C12H13F2NO3S. The molecule has 1 aliphatic rings. The van der Waals surface area contributed by atoms with Crippen LogP contribution in [0, 0.1) is 5.92 Å². The van der Waals surface area contributed by atoms with Gasteiger partial charge in [0, 0.05) is 18.8 Å². The number of carbonyl (C=O) groups is 2. The van der Waals surface area contributed by atoms with Crippen molar-refractivity contribution >= 4 is 28.2 Å². The van der Waals surface area contributed by atoms with Crippen LogP contribution in [0.4, 0.5) is 13.8 Å². The molecule has 1 heterocycles. The Balaban J connectivity index is 1.98. The third-order valence-electron chi connectivity index (χ3n) is 3.22. The largest absolute Gasteiger partial charge is 0.478 e. The third-order valence-corrected chi connectivity index (χ3v) is 4.05. The van der Waals surface area contributed by atoms with Gasteiger partial charge in [-0.25, -0.2) is 13.6 Å². The highest BCUT2D eigenvalue weighted by atomic mass is 32.1. The molecule has 2 rings (SSSR count). The van der Waals surface area contributed by atoms with Gasteiger partial charge in [0.25, 0.3) is 0 Å². The molecule has 0 spiro atoms. The molecule has 1 aliphatic carbocycles. The first-order valence-corrected chi connectivity index (χ1v) is 6.76. The summed E-state index contributed by atoms with van der Waals surface area (Å²) in [6.45, 7) is 0. The van der Waals surface area contributed by atoms with Crippen LogP contribution in [0.25, 0.3) is 0 Å². The number of carbonyl (C=O) groups excluding carboxylic acids is 1. The van der Waals surface area contributed by atoms with E-state index in [0.29, 0.717) is 0 Å². The van der Waals surface area contributed by atoms with Crippen molar-refractivity contribution in [3.63, 3.8) is 0 Å². The van der Waals surface area contributed by atoms with Crippen molar-refractivity contribution in [2.75, 3.05) is 5.32 Å². The van der Waals surface area contributed by atoms with E-state index < -0.39 is 17.8 Å². The minimum atomic E-state index is -2.67. The maximum absolute atomic E-state index is 13.0. The van der Waals surface area contributed by atoms with Crippen LogP contribution < -0.4 is 5.32 Å². The Morgan fingerprint density at radius 1 is 1.37 bits per heavy atom. The highest BCUT2D eigenvalue weighted by Gasteiger charge is 2.37. The smallest absolute Gasteiger partial charge is 0.338 e. The van der Waals surface area contributed by atoms with Gasteiger partial charge >= 0.3 is 5.97 Å². The average Bonchev–Trinajstić information content (AvgIpc) is 2.77. The number of anilines is 1. The van der Waals surface area contributed by atoms with Crippen LogP contribution >= 0.6 is 11.3 Å². The number of alkyl halides is 2. The van der Waals surface area contributed by atoms with Crippen LogP contribution in [0.5, 0.6) is 0 Å². The topological polar surface area (TPSA) is 66.4 Å². The molecule has 0 bridgehead atoms. The SMILES string of the molecule is O=C(O)c1ccsc1NC(=O)C1CCC(F)(F)CC1. The first-order chi connectivity index (χ1) is 8.89. The van der Waals surface area contributed by atoms with E-state index in [4.69, 9.17) is 5.11 Å². The Morgan fingerprint density at radius 2 is 2.00 bits per heavy atom. The maximum Gasteiger partial charge on any atom is 0.338 e. The Bertz CT molecular complexity index is 491. The van der Waals surface area contributed by atoms with Crippen molar-refractivity contribution in [3.05, 3.63) is 17.0 Å². The zero-order valence-corrected chi connectivity index (χ0v) is 10.8. The fourth-order valence-corrected chi connectivity index (χ4v) is 2.87. The molecule has 1 fully saturated rings. The summed E-state index contributed by atoms with van der Waals surface area (Å²) in [5.41, 5.74) is 0.0273. The number of carboxylic acids is 1. The lowest BCUT2D eigenvalue weighted by Gasteiger charge is -2.27. The van der Waals surface area contributed by atoms with Crippen LogP contribution in [0.3, 0.4) is 0 Å². The normalized spacial score (nSPS) is 19.1. The number of nitrogens with one attached hydrogen (secondary N) is 1. The number of hydrogen-bond acceptors (Lipinski definition) is 3. The Labute approximate surface area is 112 Å². The van der Waals surface area contributed by atoms with Crippen molar-refractivity contribution in [2.45, 2.75) is 31.6 Å². The zero-order chi connectivity index (χ0) is 14.0. The van der Waals surface area contributed by atoms with Gasteiger partial charge in [-0.05, 0) is 24.3 Å². The van der Waals surface area contributed by atoms with Gasteiger partial charge in [0.05, 0.1) is 5.56 Å². The molecule has 4 nitrogen and oxygen atoms in total. The van der Waals surface area contributed by atoms with Crippen LogP contribution in [-0.2, 0) is 4.79 Å². The van der Waals surface area contributed by atoms with Gasteiger partial charge in [0.15, 0.2) is 0 Å². The number of halogens is 2. The molecule has 2 N–H and O–H groups in total. The number of rotatable bonds is 3. The summed E-state index contributed by atoms with van der Waals surface area (Å²) in [7, 11) is 0. The summed E-state index contributed by atoms with van der Waals surface area (Å²) in [4.78, 5) is 22.8. The Morgan fingerprint density at radius 3 is 2.58 bits per heavy atom. The van der Waals surface area contributed by atoms with Crippen molar-refractivity contribution in [1.29, 1.82) is 0 Å². The van der Waals surface area contributed by atoms with E-state index in [2.05, 4.69) is 5.32 Å². The number of carboxylic acid groups (broad SMARTS) is 1. The fourth-order valence-electron chi connectivity index (χ4n) is 2.09. The minimum absolute atomic E-state index is 0.0273. The molecule has 0 unspecified atom stereocenters. The summed E-state index contributed by atoms with van der Waals surface area (Å²) in [6.07, 6.45) is -0.318. The van der Waals surface area contributed by atoms with Gasteiger partial charge in [0.2, 0.25) is 11.8 Å². The van der Waals surface area contributed by atoms with E-state index in [1.54, 1.807) is 5.38 Å². The van der Waals surface area contributed by atoms with Crippen LogP contribution in [0.2, 0.25) is 0 Å². The molecule has 1 aromatic rings. The second-order valence-electron chi connectivity index (χ2n) is 4.59. The summed E-state index contributed by atoms with van der Waals surface area (Å²) in [5.74, 6) is -4.64. The molecule has 19 heavy (non-hydrogen) atoms. The summed E-state index contributed by atoms with van der Waals surface area (Å²) < 4.78 is 26.0. The number of aromatic carboxylic acids is 1. The van der Waals surface area contributed by atoms with Crippen molar-refractivity contribution in [2.24, 2.45) is 5.92 Å². The molecule has 0 aliphatic heterocycles. The molecule has 0 saturated heterocycles. The molecule has 104 valence electrons. The lowest BCUT2D eigenvalue weighted by molar-refractivity contribution is -0.123. The minimum Gasteiger partial charge on any atom is -0.478 e. The molecular weight excluding hydrogens is 276 g/mol. The molecule has 0 atom stereocenters. The first kappa shape index (κ1) is 13.9. The molecule has 7 heteroatoms. The van der Waals surface area contributed by atoms with Gasteiger partial charge in [-0.2, -0.15) is 0 Å². The zero-order valence-electron chi connectivity index (χ0n) is 9.99. The van der Waals surface area contributed by atoms with E-state index in [0.717, 1.165) is 11.3 Å². The van der Waals surface area contributed by atoms with E-state index >= 15 is 0 Å². The molecule has 0 aromatic carbocycles. The third kappa shape index (κ3) is 3.28. The van der Waals surface area contributed by atoms with Crippen molar-refractivity contribution in [3.8, 4) is 0 Å². The van der Waals surface area contributed by atoms with Gasteiger partial charge in [-0.3, -0.25) is 4.79 Å². The summed E-state index contributed by atoms with van der Waals surface area (Å²) >= 11 is 1.11. The van der Waals surface area contributed by atoms with Gasteiger partial charge in [0.1, 0.15) is 5.00 Å². The van der Waals surface area contributed by atoms with Crippen molar-refractivity contribution in [1.82, 2.24) is 0 Å². The summed E-state index contributed by atoms with van der Waals surface area (Å²) in [6, 6.07) is 1.40. The molecule has 1 saturated carbocycles. The van der Waals surface area contributed by atoms with E-state index in [1.807, 2.05) is 0 Å². The number of thiophene rings is 1. The second kappa shape index (κ2) is 5.24.